The smallest absolute Gasteiger partial charge is 0.136 e. The molecule has 0 saturated carbocycles. The predicted molar refractivity (Wildman–Crippen MR) is 119 cm³/mol. The van der Waals surface area contributed by atoms with Crippen molar-refractivity contribution in [3.05, 3.63) is 66.2 Å². The first-order valence-corrected chi connectivity index (χ1v) is 10.2. The summed E-state index contributed by atoms with van der Waals surface area (Å²) in [5.74, 6) is 0.0526. The highest BCUT2D eigenvalue weighted by molar-refractivity contribution is 5.94. The predicted octanol–water partition coefficient (Wildman–Crippen LogP) is 4.55. The summed E-state index contributed by atoms with van der Waals surface area (Å²) in [7, 11) is 3.64. The Kier molecular flexibility index (Phi) is 4.95. The van der Waals surface area contributed by atoms with E-state index in [4.69, 9.17) is 9.72 Å². The Morgan fingerprint density at radius 2 is 1.94 bits per heavy atom. The van der Waals surface area contributed by atoms with Gasteiger partial charge in [-0.3, -0.25) is 10.1 Å². The van der Waals surface area contributed by atoms with Crippen molar-refractivity contribution in [1.82, 2.24) is 25.1 Å². The fourth-order valence-electron chi connectivity index (χ4n) is 3.92. The molecule has 0 bridgehead atoms. The fraction of sp³-hybridized carbons (Fsp3) is 0.208. The maximum atomic E-state index is 14.6. The standard InChI is InChI=1S/C24H22FN5O/c1-30-11-9-15(10-12-30)18-6-4-7-19(27-18)24-16-13-20(26-14-21(16)28-29-24)23-17(25)5-3-8-22(23)31-2/h3-9,13-14H,10-12H2,1-2H3,(H,28,29). The highest BCUT2D eigenvalue weighted by Gasteiger charge is 2.18. The lowest BCUT2D eigenvalue weighted by atomic mass is 10.0. The summed E-state index contributed by atoms with van der Waals surface area (Å²) < 4.78 is 19.9. The van der Waals surface area contributed by atoms with Gasteiger partial charge in [-0.25, -0.2) is 9.37 Å². The van der Waals surface area contributed by atoms with Gasteiger partial charge in [0, 0.05) is 18.5 Å². The van der Waals surface area contributed by atoms with Crippen LogP contribution in [0.5, 0.6) is 5.75 Å². The molecule has 6 nitrogen and oxygen atoms in total. The van der Waals surface area contributed by atoms with E-state index in [2.05, 4.69) is 33.2 Å². The van der Waals surface area contributed by atoms with E-state index >= 15 is 0 Å². The zero-order valence-corrected chi connectivity index (χ0v) is 17.4. The normalized spacial score (nSPS) is 14.6. The van der Waals surface area contributed by atoms with Crippen molar-refractivity contribution >= 4 is 16.5 Å². The number of rotatable bonds is 4. The Morgan fingerprint density at radius 3 is 2.74 bits per heavy atom. The van der Waals surface area contributed by atoms with Crippen molar-refractivity contribution in [2.45, 2.75) is 6.42 Å². The molecule has 7 heteroatoms. The molecule has 0 radical (unpaired) electrons. The number of H-pyrrole nitrogens is 1. The van der Waals surface area contributed by atoms with Gasteiger partial charge >= 0.3 is 0 Å². The Hall–Kier alpha value is -3.58. The molecule has 1 aliphatic heterocycles. The molecule has 156 valence electrons. The van der Waals surface area contributed by atoms with E-state index in [1.165, 1.54) is 18.7 Å². The van der Waals surface area contributed by atoms with Gasteiger partial charge in [0.25, 0.3) is 0 Å². The van der Waals surface area contributed by atoms with Crippen molar-refractivity contribution in [1.29, 1.82) is 0 Å². The van der Waals surface area contributed by atoms with Gasteiger partial charge in [0.15, 0.2) is 0 Å². The minimum Gasteiger partial charge on any atom is -0.496 e. The van der Waals surface area contributed by atoms with Crippen LogP contribution in [0, 0.1) is 5.82 Å². The van der Waals surface area contributed by atoms with E-state index in [-0.39, 0.29) is 5.82 Å². The van der Waals surface area contributed by atoms with Gasteiger partial charge in [-0.15, -0.1) is 0 Å². The van der Waals surface area contributed by atoms with Crippen LogP contribution in [0.25, 0.3) is 39.1 Å². The van der Waals surface area contributed by atoms with Crippen LogP contribution in [0.4, 0.5) is 4.39 Å². The number of benzene rings is 1. The highest BCUT2D eigenvalue weighted by atomic mass is 19.1. The molecule has 0 atom stereocenters. The number of hydrogen-bond acceptors (Lipinski definition) is 5. The number of nitrogens with zero attached hydrogens (tertiary/aromatic N) is 4. The second-order valence-corrected chi connectivity index (χ2v) is 7.65. The van der Waals surface area contributed by atoms with Crippen molar-refractivity contribution < 1.29 is 9.13 Å². The Balaban J connectivity index is 1.60. The first-order valence-electron chi connectivity index (χ1n) is 10.2. The van der Waals surface area contributed by atoms with Gasteiger partial charge < -0.3 is 9.64 Å². The van der Waals surface area contributed by atoms with Crippen LogP contribution in [-0.4, -0.2) is 52.3 Å². The number of likely N-dealkylation sites (N-methyl/N-ethyl adjacent to an activating group) is 1. The van der Waals surface area contributed by atoms with Gasteiger partial charge in [-0.05, 0) is 49.4 Å². The molecule has 1 aliphatic rings. The van der Waals surface area contributed by atoms with Gasteiger partial charge in [-0.2, -0.15) is 5.10 Å². The molecule has 0 amide bonds. The number of fused-ring (bicyclic) bond motifs is 1. The van der Waals surface area contributed by atoms with Gasteiger partial charge in [0.05, 0.1) is 41.5 Å². The SMILES string of the molecule is COc1cccc(F)c1-c1cc2c(-c3cccc(C4=CCN(C)CC4)n3)n[nH]c2cn1. The summed E-state index contributed by atoms with van der Waals surface area (Å²) in [4.78, 5) is 11.6. The van der Waals surface area contributed by atoms with E-state index in [1.54, 1.807) is 18.3 Å². The molecular weight excluding hydrogens is 393 g/mol. The molecular formula is C24H22FN5O. The molecule has 0 unspecified atom stereocenters. The van der Waals surface area contributed by atoms with Gasteiger partial charge in [0.1, 0.15) is 17.3 Å². The summed E-state index contributed by atoms with van der Waals surface area (Å²) >= 11 is 0. The second kappa shape index (κ2) is 7.92. The maximum Gasteiger partial charge on any atom is 0.136 e. The van der Waals surface area contributed by atoms with Crippen LogP contribution < -0.4 is 4.74 Å². The average Bonchev–Trinajstić information content (AvgIpc) is 3.22. The molecule has 0 spiro atoms. The molecule has 4 heterocycles. The maximum absolute atomic E-state index is 14.6. The number of hydrogen-bond donors (Lipinski definition) is 1. The molecule has 0 fully saturated rings. The Morgan fingerprint density at radius 1 is 1.10 bits per heavy atom. The third kappa shape index (κ3) is 3.57. The summed E-state index contributed by atoms with van der Waals surface area (Å²) in [5.41, 5.74) is 5.27. The average molecular weight is 415 g/mol. The molecule has 0 aliphatic carbocycles. The lowest BCUT2D eigenvalue weighted by molar-refractivity contribution is 0.370. The number of ether oxygens (including phenoxy) is 1. The number of halogens is 1. The first-order chi connectivity index (χ1) is 15.1. The number of pyridine rings is 2. The minimum atomic E-state index is -0.384. The zero-order chi connectivity index (χ0) is 21.4. The minimum absolute atomic E-state index is 0.331. The lowest BCUT2D eigenvalue weighted by Crippen LogP contribution is -2.23. The topological polar surface area (TPSA) is 66.9 Å². The number of aromatic nitrogens is 4. The molecule has 4 aromatic rings. The Labute approximate surface area is 179 Å². The zero-order valence-electron chi connectivity index (χ0n) is 17.4. The van der Waals surface area contributed by atoms with Crippen molar-refractivity contribution in [2.75, 3.05) is 27.2 Å². The molecule has 31 heavy (non-hydrogen) atoms. The van der Waals surface area contributed by atoms with Crippen molar-refractivity contribution in [2.24, 2.45) is 0 Å². The fourth-order valence-corrected chi connectivity index (χ4v) is 3.92. The molecule has 5 rings (SSSR count). The summed E-state index contributed by atoms with van der Waals surface area (Å²) in [6.07, 6.45) is 4.86. The van der Waals surface area contributed by atoms with Crippen molar-refractivity contribution in [3.63, 3.8) is 0 Å². The van der Waals surface area contributed by atoms with Gasteiger partial charge in [0.2, 0.25) is 0 Å². The largest absolute Gasteiger partial charge is 0.496 e. The van der Waals surface area contributed by atoms with Crippen LogP contribution in [0.2, 0.25) is 0 Å². The monoisotopic (exact) mass is 415 g/mol. The van der Waals surface area contributed by atoms with Crippen molar-refractivity contribution in [3.8, 4) is 28.4 Å². The van der Waals surface area contributed by atoms with Gasteiger partial charge in [-0.1, -0.05) is 18.2 Å². The molecule has 1 aromatic carbocycles. The van der Waals surface area contributed by atoms with E-state index < -0.39 is 0 Å². The van der Waals surface area contributed by atoms with Crippen LogP contribution in [0.3, 0.4) is 0 Å². The second-order valence-electron chi connectivity index (χ2n) is 7.65. The first kappa shape index (κ1) is 19.4. The third-order valence-corrected chi connectivity index (χ3v) is 5.63. The third-order valence-electron chi connectivity index (χ3n) is 5.63. The molecule has 3 aromatic heterocycles. The van der Waals surface area contributed by atoms with E-state index in [1.807, 2.05) is 24.3 Å². The summed E-state index contributed by atoms with van der Waals surface area (Å²) in [5, 5.41) is 8.33. The lowest BCUT2D eigenvalue weighted by Gasteiger charge is -2.21. The van der Waals surface area contributed by atoms with Crippen LogP contribution in [0.15, 0.2) is 54.7 Å². The molecule has 0 saturated heterocycles. The van der Waals surface area contributed by atoms with Crippen LogP contribution in [-0.2, 0) is 0 Å². The van der Waals surface area contributed by atoms with E-state index in [9.17, 15) is 4.39 Å². The van der Waals surface area contributed by atoms with Crippen LogP contribution >= 0.6 is 0 Å². The number of nitrogens with one attached hydrogen (secondary N) is 1. The Bertz CT molecular complexity index is 1300. The number of methoxy groups -OCH3 is 1. The number of aromatic amines is 1. The summed E-state index contributed by atoms with van der Waals surface area (Å²) in [6, 6.07) is 12.6. The summed E-state index contributed by atoms with van der Waals surface area (Å²) in [6.45, 7) is 1.94. The molecule has 1 N–H and O–H groups in total. The highest BCUT2D eigenvalue weighted by Crippen LogP contribution is 2.34. The quantitative estimate of drug-likeness (QED) is 0.530. The van der Waals surface area contributed by atoms with Crippen LogP contribution in [0.1, 0.15) is 12.1 Å². The van der Waals surface area contributed by atoms with E-state index in [0.29, 0.717) is 22.7 Å². The van der Waals surface area contributed by atoms with E-state index in [0.717, 1.165) is 41.8 Å².